The Bertz CT molecular complexity index is 495. The first kappa shape index (κ1) is 20.5. The summed E-state index contributed by atoms with van der Waals surface area (Å²) in [5, 5.41) is 1.52. The van der Waals surface area contributed by atoms with Crippen molar-refractivity contribution in [2.75, 3.05) is 6.61 Å². The van der Waals surface area contributed by atoms with E-state index in [0.29, 0.717) is 13.2 Å². The molecule has 122 valence electrons. The molecule has 4 nitrogen and oxygen atoms in total. The number of nitrogens with zero attached hydrogens (tertiary/aromatic N) is 1. The fraction of sp³-hybridized carbons (Fsp3) is 0.412. The molecule has 0 bridgehead atoms. The smallest absolute Gasteiger partial charge is 0.513 e. The molecule has 22 heavy (non-hydrogen) atoms. The van der Waals surface area contributed by atoms with Gasteiger partial charge in [0.2, 0.25) is 0 Å². The van der Waals surface area contributed by atoms with Gasteiger partial charge in [0, 0.05) is 6.20 Å². The molecule has 0 aliphatic rings. The normalized spacial score (nSPS) is 10.6. The molecule has 0 aromatic carbocycles. The van der Waals surface area contributed by atoms with Gasteiger partial charge >= 0.3 is 6.09 Å². The van der Waals surface area contributed by atoms with Gasteiger partial charge in [-0.05, 0) is 51.8 Å². The highest BCUT2D eigenvalue weighted by molar-refractivity contribution is 5.55. The van der Waals surface area contributed by atoms with Gasteiger partial charge in [-0.15, -0.1) is 0 Å². The summed E-state index contributed by atoms with van der Waals surface area (Å²) in [6, 6.07) is 5.64. The molecule has 1 aromatic rings. The van der Waals surface area contributed by atoms with Crippen LogP contribution in [0.2, 0.25) is 0 Å². The molecule has 0 unspecified atom stereocenters. The molecular formula is C17H25BrN2O2. The molecule has 1 amide bonds. The van der Waals surface area contributed by atoms with Gasteiger partial charge in [0.15, 0.2) is 0 Å². The Hall–Kier alpha value is -1.46. The predicted octanol–water partition coefficient (Wildman–Crippen LogP) is -0.0217. The van der Waals surface area contributed by atoms with Crippen molar-refractivity contribution in [3.05, 3.63) is 53.4 Å². The van der Waals surface area contributed by atoms with Gasteiger partial charge < -0.3 is 21.7 Å². The lowest BCUT2D eigenvalue weighted by molar-refractivity contribution is -0.587. The van der Waals surface area contributed by atoms with Crippen molar-refractivity contribution in [2.45, 2.75) is 40.2 Å². The Labute approximate surface area is 143 Å². The van der Waals surface area contributed by atoms with E-state index < -0.39 is 0 Å². The first-order chi connectivity index (χ1) is 10.1. The van der Waals surface area contributed by atoms with Crippen LogP contribution in [-0.2, 0) is 11.3 Å². The predicted molar refractivity (Wildman–Crippen MR) is 83.6 cm³/mol. The highest BCUT2D eigenvalue weighted by Gasteiger charge is 2.06. The van der Waals surface area contributed by atoms with Gasteiger partial charge in [0.25, 0.3) is 0 Å². The number of rotatable bonds is 7. The van der Waals surface area contributed by atoms with Gasteiger partial charge in [-0.2, -0.15) is 4.79 Å². The largest absolute Gasteiger partial charge is 1.00 e. The zero-order chi connectivity index (χ0) is 15.5. The third-order valence-electron chi connectivity index (χ3n) is 2.95. The first-order valence-electron chi connectivity index (χ1n) is 7.27. The van der Waals surface area contributed by atoms with Crippen LogP contribution < -0.4 is 22.3 Å². The molecule has 0 aliphatic heterocycles. The van der Waals surface area contributed by atoms with Crippen molar-refractivity contribution in [1.82, 2.24) is 4.98 Å². The van der Waals surface area contributed by atoms with Crippen LogP contribution in [0.1, 0.15) is 39.3 Å². The van der Waals surface area contributed by atoms with Crippen LogP contribution >= 0.6 is 0 Å². The maximum absolute atomic E-state index is 11.6. The van der Waals surface area contributed by atoms with Crippen LogP contribution in [-0.4, -0.2) is 17.7 Å². The average Bonchev–Trinajstić information content (AvgIpc) is 2.46. The highest BCUT2D eigenvalue weighted by atomic mass is 79.9. The van der Waals surface area contributed by atoms with E-state index in [1.165, 1.54) is 16.5 Å². The Morgan fingerprint density at radius 1 is 1.27 bits per heavy atom. The summed E-state index contributed by atoms with van der Waals surface area (Å²) in [6.07, 6.45) is 7.63. The van der Waals surface area contributed by atoms with Crippen molar-refractivity contribution in [1.29, 1.82) is 0 Å². The fourth-order valence-corrected chi connectivity index (χ4v) is 1.72. The zero-order valence-corrected chi connectivity index (χ0v) is 15.1. The molecule has 5 heteroatoms. The van der Waals surface area contributed by atoms with Crippen LogP contribution in [0.4, 0.5) is 4.79 Å². The van der Waals surface area contributed by atoms with Crippen molar-refractivity contribution in [3.63, 3.8) is 0 Å². The molecule has 2 N–H and O–H groups in total. The minimum absolute atomic E-state index is 0. The zero-order valence-electron chi connectivity index (χ0n) is 13.5. The number of hydrogen-bond acceptors (Lipinski definition) is 3. The number of amides is 1. The van der Waals surface area contributed by atoms with E-state index in [-0.39, 0.29) is 23.1 Å². The summed E-state index contributed by atoms with van der Waals surface area (Å²) in [6.45, 7) is 7.09. The number of hydrogen-bond donors (Lipinski definition) is 1. The SMILES string of the molecule is CC(C)=CCC/C(C)=C/COC(=O)[NH2+]Cc1ccccn1.[Br-]. The maximum Gasteiger partial charge on any atom is 0.513 e. The second-order valence-corrected chi connectivity index (χ2v) is 5.23. The second kappa shape index (κ2) is 12.1. The van der Waals surface area contributed by atoms with Crippen LogP contribution in [0.3, 0.4) is 0 Å². The standard InChI is InChI=1S/C17H24N2O2.BrH/c1-14(2)7-6-8-15(3)10-12-21-17(20)19-13-16-9-4-5-11-18-16;/h4-5,7,9-11H,6,8,12-13H2,1-3H3,(H,19,20);1H/b15-10+;. The van der Waals surface area contributed by atoms with E-state index in [2.05, 4.69) is 31.8 Å². The molecule has 0 radical (unpaired) electrons. The minimum Gasteiger partial charge on any atom is -1.00 e. The number of quaternary nitrogens is 1. The summed E-state index contributed by atoms with van der Waals surface area (Å²) < 4.78 is 5.15. The summed E-state index contributed by atoms with van der Waals surface area (Å²) in [7, 11) is 0. The highest BCUT2D eigenvalue weighted by Crippen LogP contribution is 2.06. The fourth-order valence-electron chi connectivity index (χ4n) is 1.72. The number of allylic oxidation sites excluding steroid dienone is 3. The van der Waals surface area contributed by atoms with Gasteiger partial charge in [-0.3, -0.25) is 4.98 Å². The molecule has 0 aliphatic carbocycles. The van der Waals surface area contributed by atoms with E-state index in [1.807, 2.05) is 24.3 Å². The summed E-state index contributed by atoms with van der Waals surface area (Å²) in [4.78, 5) is 15.7. The Morgan fingerprint density at radius 3 is 2.68 bits per heavy atom. The summed E-state index contributed by atoms with van der Waals surface area (Å²) in [5.74, 6) is 0. The van der Waals surface area contributed by atoms with Crippen LogP contribution in [0, 0.1) is 0 Å². The Balaban J connectivity index is 0.00000441. The Kier molecular flexibility index (Phi) is 11.3. The number of pyridine rings is 1. The van der Waals surface area contributed by atoms with Gasteiger partial charge in [-0.25, -0.2) is 5.32 Å². The number of halogens is 1. The van der Waals surface area contributed by atoms with E-state index in [4.69, 9.17) is 4.74 Å². The van der Waals surface area contributed by atoms with Crippen molar-refractivity contribution in [2.24, 2.45) is 0 Å². The molecule has 1 rings (SSSR count). The topological polar surface area (TPSA) is 55.8 Å². The van der Waals surface area contributed by atoms with E-state index in [9.17, 15) is 4.79 Å². The molecular weight excluding hydrogens is 344 g/mol. The summed E-state index contributed by atoms with van der Waals surface area (Å²) in [5.41, 5.74) is 3.44. The maximum atomic E-state index is 11.6. The number of nitrogens with two attached hydrogens (primary N) is 1. The number of carbonyl (C=O) groups excluding carboxylic acids is 1. The monoisotopic (exact) mass is 368 g/mol. The number of primary amides is 1. The van der Waals surface area contributed by atoms with Crippen molar-refractivity contribution < 1.29 is 31.8 Å². The van der Waals surface area contributed by atoms with Gasteiger partial charge in [0.1, 0.15) is 13.2 Å². The number of ether oxygens (including phenoxy) is 1. The van der Waals surface area contributed by atoms with Crippen LogP contribution in [0.5, 0.6) is 0 Å². The molecule has 0 saturated carbocycles. The van der Waals surface area contributed by atoms with Crippen LogP contribution in [0.25, 0.3) is 0 Å². The van der Waals surface area contributed by atoms with Gasteiger partial charge in [-0.1, -0.05) is 23.3 Å². The molecule has 1 aromatic heterocycles. The number of aromatic nitrogens is 1. The molecule has 0 spiro atoms. The van der Waals surface area contributed by atoms with Crippen molar-refractivity contribution in [3.8, 4) is 0 Å². The van der Waals surface area contributed by atoms with Crippen LogP contribution in [0.15, 0.2) is 47.7 Å². The molecule has 0 saturated heterocycles. The quantitative estimate of drug-likeness (QED) is 0.688. The lowest BCUT2D eigenvalue weighted by Gasteiger charge is -2.02. The molecule has 0 fully saturated rings. The summed E-state index contributed by atoms with van der Waals surface area (Å²) >= 11 is 0. The first-order valence-corrected chi connectivity index (χ1v) is 7.27. The third-order valence-corrected chi connectivity index (χ3v) is 2.95. The van der Waals surface area contributed by atoms with Crippen molar-refractivity contribution >= 4 is 6.09 Å². The third kappa shape index (κ3) is 10.3. The molecule has 0 atom stereocenters. The van der Waals surface area contributed by atoms with E-state index in [1.54, 1.807) is 6.20 Å². The number of carbonyl (C=O) groups is 1. The lowest BCUT2D eigenvalue weighted by Crippen LogP contribution is -3.00. The minimum atomic E-state index is -0.297. The molecule has 1 heterocycles. The van der Waals surface area contributed by atoms with Gasteiger partial charge in [0.05, 0.1) is 5.69 Å². The lowest BCUT2D eigenvalue weighted by atomic mass is 10.1. The average molecular weight is 369 g/mol. The second-order valence-electron chi connectivity index (χ2n) is 5.23. The Morgan fingerprint density at radius 2 is 2.05 bits per heavy atom. The van der Waals surface area contributed by atoms with E-state index >= 15 is 0 Å². The van der Waals surface area contributed by atoms with E-state index in [0.717, 1.165) is 18.5 Å².